The largest absolute Gasteiger partial charge is 0.396 e. The maximum atomic E-state index is 11.9. The Morgan fingerprint density at radius 3 is 2.84 bits per heavy atom. The zero-order valence-corrected chi connectivity index (χ0v) is 12.2. The summed E-state index contributed by atoms with van der Waals surface area (Å²) in [5.74, 6) is 0.518. The lowest BCUT2D eigenvalue weighted by Gasteiger charge is -2.19. The first-order chi connectivity index (χ1) is 9.10. The summed E-state index contributed by atoms with van der Waals surface area (Å²) in [6.45, 7) is 3.93. The number of aliphatic hydroxyl groups is 1. The van der Waals surface area contributed by atoms with Crippen molar-refractivity contribution >= 4 is 17.4 Å². The van der Waals surface area contributed by atoms with Crippen molar-refractivity contribution in [2.24, 2.45) is 5.92 Å². The Morgan fingerprint density at radius 1 is 1.58 bits per heavy atom. The van der Waals surface area contributed by atoms with Gasteiger partial charge in [0.2, 0.25) is 0 Å². The molecule has 1 fully saturated rings. The molecule has 1 aliphatic carbocycles. The number of amides is 2. The molecule has 2 amide bonds. The lowest BCUT2D eigenvalue weighted by Crippen LogP contribution is -2.43. The summed E-state index contributed by atoms with van der Waals surface area (Å²) in [5, 5.41) is 17.7. The molecule has 0 aromatic carbocycles. The zero-order valence-electron chi connectivity index (χ0n) is 11.3. The molecule has 2 atom stereocenters. The SMILES string of the molecule is Cc1csc(C(NC(=O)N[C@H](C)CCO)C2CC2)n1. The highest BCUT2D eigenvalue weighted by Crippen LogP contribution is 2.41. The highest BCUT2D eigenvalue weighted by molar-refractivity contribution is 7.09. The average Bonchev–Trinajstić information content (AvgIpc) is 3.09. The minimum Gasteiger partial charge on any atom is -0.396 e. The van der Waals surface area contributed by atoms with Crippen LogP contribution in [0.5, 0.6) is 0 Å². The standard InChI is InChI=1S/C13H21N3O2S/c1-8(5-6-17)15-13(18)16-11(10-3-4-10)12-14-9(2)7-19-12/h7-8,10-11,17H,3-6H2,1-2H3,(H2,15,16,18)/t8-,11?/m1/s1. The molecule has 5 nitrogen and oxygen atoms in total. The summed E-state index contributed by atoms with van der Waals surface area (Å²) in [6, 6.07) is -0.173. The van der Waals surface area contributed by atoms with E-state index in [9.17, 15) is 4.79 Å². The van der Waals surface area contributed by atoms with Crippen LogP contribution in [-0.2, 0) is 0 Å². The maximum Gasteiger partial charge on any atom is 0.315 e. The summed E-state index contributed by atoms with van der Waals surface area (Å²) in [7, 11) is 0. The molecule has 1 aromatic heterocycles. The number of aliphatic hydroxyl groups excluding tert-OH is 1. The van der Waals surface area contributed by atoms with Gasteiger partial charge in [0.1, 0.15) is 5.01 Å². The summed E-state index contributed by atoms with van der Waals surface area (Å²) in [5.41, 5.74) is 1.00. The van der Waals surface area contributed by atoms with E-state index in [2.05, 4.69) is 15.6 Å². The van der Waals surface area contributed by atoms with Crippen LogP contribution in [0.1, 0.15) is 42.9 Å². The van der Waals surface area contributed by atoms with Gasteiger partial charge in [-0.15, -0.1) is 11.3 Å². The number of urea groups is 1. The van der Waals surface area contributed by atoms with Gasteiger partial charge in [-0.1, -0.05) is 0 Å². The summed E-state index contributed by atoms with van der Waals surface area (Å²) in [4.78, 5) is 16.4. The van der Waals surface area contributed by atoms with Crippen LogP contribution in [-0.4, -0.2) is 28.8 Å². The third-order valence-corrected chi connectivity index (χ3v) is 4.27. The van der Waals surface area contributed by atoms with E-state index in [1.165, 1.54) is 0 Å². The van der Waals surface area contributed by atoms with E-state index in [1.807, 2.05) is 19.2 Å². The molecule has 106 valence electrons. The van der Waals surface area contributed by atoms with Gasteiger partial charge in [0.15, 0.2) is 0 Å². The molecular weight excluding hydrogens is 262 g/mol. The Bertz CT molecular complexity index is 431. The number of nitrogens with one attached hydrogen (secondary N) is 2. The van der Waals surface area contributed by atoms with Crippen molar-refractivity contribution in [1.82, 2.24) is 15.6 Å². The van der Waals surface area contributed by atoms with Crippen LogP contribution < -0.4 is 10.6 Å². The Balaban J connectivity index is 1.92. The second-order valence-corrected chi connectivity index (χ2v) is 6.06. The number of thiazole rings is 1. The molecule has 1 aromatic rings. The van der Waals surface area contributed by atoms with Crippen molar-refractivity contribution in [3.8, 4) is 0 Å². The molecule has 0 aliphatic heterocycles. The number of aryl methyl sites for hydroxylation is 1. The Kier molecular flexibility index (Phi) is 4.76. The second-order valence-electron chi connectivity index (χ2n) is 5.17. The van der Waals surface area contributed by atoms with Gasteiger partial charge in [0, 0.05) is 23.7 Å². The molecule has 0 radical (unpaired) electrons. The van der Waals surface area contributed by atoms with E-state index in [4.69, 9.17) is 5.11 Å². The van der Waals surface area contributed by atoms with Crippen molar-refractivity contribution in [3.05, 3.63) is 16.1 Å². The highest BCUT2D eigenvalue weighted by atomic mass is 32.1. The summed E-state index contributed by atoms with van der Waals surface area (Å²) in [6.07, 6.45) is 2.86. The number of carbonyl (C=O) groups excluding carboxylic acids is 1. The fourth-order valence-corrected chi connectivity index (χ4v) is 2.94. The first-order valence-electron chi connectivity index (χ1n) is 6.70. The van der Waals surface area contributed by atoms with Crippen LogP contribution in [0.4, 0.5) is 4.79 Å². The molecule has 0 bridgehead atoms. The zero-order chi connectivity index (χ0) is 13.8. The van der Waals surface area contributed by atoms with E-state index in [-0.39, 0.29) is 24.7 Å². The Morgan fingerprint density at radius 2 is 2.32 bits per heavy atom. The van der Waals surface area contributed by atoms with Crippen molar-refractivity contribution < 1.29 is 9.90 Å². The summed E-state index contributed by atoms with van der Waals surface area (Å²) >= 11 is 1.60. The average molecular weight is 283 g/mol. The van der Waals surface area contributed by atoms with E-state index in [0.29, 0.717) is 12.3 Å². The third-order valence-electron chi connectivity index (χ3n) is 3.22. The van der Waals surface area contributed by atoms with Gasteiger partial charge in [-0.25, -0.2) is 9.78 Å². The first-order valence-corrected chi connectivity index (χ1v) is 7.58. The number of hydrogen-bond donors (Lipinski definition) is 3. The molecule has 1 aliphatic rings. The van der Waals surface area contributed by atoms with Crippen molar-refractivity contribution in [2.45, 2.75) is 45.2 Å². The molecule has 0 spiro atoms. The minimum absolute atomic E-state index is 0.0251. The molecule has 2 rings (SSSR count). The van der Waals surface area contributed by atoms with E-state index < -0.39 is 0 Å². The van der Waals surface area contributed by atoms with Gasteiger partial charge in [-0.3, -0.25) is 0 Å². The minimum atomic E-state index is -0.175. The third kappa shape index (κ3) is 4.18. The van der Waals surface area contributed by atoms with Crippen LogP contribution >= 0.6 is 11.3 Å². The number of nitrogens with zero attached hydrogens (tertiary/aromatic N) is 1. The summed E-state index contributed by atoms with van der Waals surface area (Å²) < 4.78 is 0. The number of aromatic nitrogens is 1. The molecule has 1 unspecified atom stereocenters. The molecule has 3 N–H and O–H groups in total. The maximum absolute atomic E-state index is 11.9. The van der Waals surface area contributed by atoms with Crippen LogP contribution in [0.25, 0.3) is 0 Å². The van der Waals surface area contributed by atoms with Gasteiger partial charge in [-0.05, 0) is 39.0 Å². The normalized spacial score (nSPS) is 17.8. The smallest absolute Gasteiger partial charge is 0.315 e. The van der Waals surface area contributed by atoms with Gasteiger partial charge >= 0.3 is 6.03 Å². The first kappa shape index (κ1) is 14.3. The fourth-order valence-electron chi connectivity index (χ4n) is 2.00. The van der Waals surface area contributed by atoms with Crippen molar-refractivity contribution in [3.63, 3.8) is 0 Å². The molecule has 1 saturated carbocycles. The van der Waals surface area contributed by atoms with Crippen molar-refractivity contribution in [2.75, 3.05) is 6.61 Å². The van der Waals surface area contributed by atoms with Crippen LogP contribution in [0.3, 0.4) is 0 Å². The second kappa shape index (κ2) is 6.34. The number of carbonyl (C=O) groups is 1. The lowest BCUT2D eigenvalue weighted by molar-refractivity contribution is 0.226. The number of hydrogen-bond acceptors (Lipinski definition) is 4. The lowest BCUT2D eigenvalue weighted by atomic mass is 10.2. The predicted octanol–water partition coefficient (Wildman–Crippen LogP) is 1.97. The predicted molar refractivity (Wildman–Crippen MR) is 75.1 cm³/mol. The van der Waals surface area contributed by atoms with Crippen molar-refractivity contribution in [1.29, 1.82) is 0 Å². The van der Waals surface area contributed by atoms with E-state index in [0.717, 1.165) is 23.5 Å². The van der Waals surface area contributed by atoms with Crippen LogP contribution in [0.2, 0.25) is 0 Å². The molecule has 19 heavy (non-hydrogen) atoms. The monoisotopic (exact) mass is 283 g/mol. The molecule has 0 saturated heterocycles. The molecular formula is C13H21N3O2S. The van der Waals surface area contributed by atoms with Gasteiger partial charge in [-0.2, -0.15) is 0 Å². The van der Waals surface area contributed by atoms with Gasteiger partial charge < -0.3 is 15.7 Å². The molecule has 6 heteroatoms. The molecule has 1 heterocycles. The number of rotatable bonds is 6. The topological polar surface area (TPSA) is 74.2 Å². The quantitative estimate of drug-likeness (QED) is 0.747. The fraction of sp³-hybridized carbons (Fsp3) is 0.692. The Labute approximate surface area is 117 Å². The van der Waals surface area contributed by atoms with Gasteiger partial charge in [0.05, 0.1) is 6.04 Å². The highest BCUT2D eigenvalue weighted by Gasteiger charge is 2.35. The van der Waals surface area contributed by atoms with E-state index in [1.54, 1.807) is 11.3 Å². The van der Waals surface area contributed by atoms with Crippen LogP contribution in [0.15, 0.2) is 5.38 Å². The van der Waals surface area contributed by atoms with Gasteiger partial charge in [0.25, 0.3) is 0 Å². The Hall–Kier alpha value is -1.14. The van der Waals surface area contributed by atoms with E-state index >= 15 is 0 Å². The van der Waals surface area contributed by atoms with Crippen LogP contribution in [0, 0.1) is 12.8 Å².